The van der Waals surface area contributed by atoms with Crippen LogP contribution >= 0.6 is 0 Å². The van der Waals surface area contributed by atoms with Gasteiger partial charge in [-0.3, -0.25) is 24.4 Å². The third-order valence-electron chi connectivity index (χ3n) is 6.62. The van der Waals surface area contributed by atoms with Crippen LogP contribution in [0.4, 0.5) is 0 Å². The van der Waals surface area contributed by atoms with Crippen LogP contribution in [-0.2, 0) is 42.1 Å². The third-order valence-corrected chi connectivity index (χ3v) is 6.62. The first-order valence-corrected chi connectivity index (χ1v) is 11.8. The summed E-state index contributed by atoms with van der Waals surface area (Å²) in [7, 11) is 0. The minimum absolute atomic E-state index is 0.146. The average molecular weight is 471 g/mol. The first kappa shape index (κ1) is 22.6. The molecule has 1 aromatic carbocycles. The summed E-state index contributed by atoms with van der Waals surface area (Å²) in [5.41, 5.74) is 4.46. The van der Waals surface area contributed by atoms with Gasteiger partial charge in [-0.2, -0.15) is 5.10 Å². The van der Waals surface area contributed by atoms with Crippen molar-refractivity contribution in [2.24, 2.45) is 0 Å². The minimum atomic E-state index is -0.601. The quantitative estimate of drug-likeness (QED) is 0.399. The molecule has 1 unspecified atom stereocenters. The van der Waals surface area contributed by atoms with Crippen LogP contribution in [0.5, 0.6) is 0 Å². The van der Waals surface area contributed by atoms with Crippen molar-refractivity contribution in [1.29, 1.82) is 0 Å². The van der Waals surface area contributed by atoms with E-state index in [0.717, 1.165) is 54.7 Å². The number of imide groups is 1. The van der Waals surface area contributed by atoms with Gasteiger partial charge in [-0.1, -0.05) is 18.1 Å². The molecular weight excluding hydrogens is 444 g/mol. The number of aromatic nitrogens is 4. The summed E-state index contributed by atoms with van der Waals surface area (Å²) in [6.07, 6.45) is 15.9. The number of aryl methyl sites for hydroxylation is 4. The molecule has 1 saturated heterocycles. The topological polar surface area (TPSA) is 102 Å². The van der Waals surface area contributed by atoms with Gasteiger partial charge >= 0.3 is 0 Å². The van der Waals surface area contributed by atoms with Crippen LogP contribution in [0.1, 0.15) is 52.0 Å². The lowest BCUT2D eigenvalue weighted by molar-refractivity contribution is -0.136. The second-order valence-corrected chi connectivity index (χ2v) is 8.94. The molecule has 178 valence electrons. The number of terminal acetylenes is 1. The zero-order valence-electron chi connectivity index (χ0n) is 19.3. The van der Waals surface area contributed by atoms with Gasteiger partial charge in [-0.15, -0.1) is 6.42 Å². The van der Waals surface area contributed by atoms with Gasteiger partial charge in [0.05, 0.1) is 23.8 Å². The average Bonchev–Trinajstić information content (AvgIpc) is 3.58. The second kappa shape index (κ2) is 9.58. The predicted molar refractivity (Wildman–Crippen MR) is 127 cm³/mol. The Morgan fingerprint density at radius 2 is 2.03 bits per heavy atom. The van der Waals surface area contributed by atoms with Crippen molar-refractivity contribution in [3.05, 3.63) is 71.1 Å². The molecule has 0 bridgehead atoms. The van der Waals surface area contributed by atoms with E-state index in [-0.39, 0.29) is 18.2 Å². The van der Waals surface area contributed by atoms with Crippen LogP contribution in [0.2, 0.25) is 0 Å². The van der Waals surface area contributed by atoms with Crippen molar-refractivity contribution in [2.45, 2.75) is 57.8 Å². The van der Waals surface area contributed by atoms with Gasteiger partial charge in [-0.05, 0) is 42.9 Å². The Labute approximate surface area is 203 Å². The number of carbonyl (C=O) groups excluding carboxylic acids is 3. The molecule has 0 radical (unpaired) electrons. The van der Waals surface area contributed by atoms with Gasteiger partial charge in [0.25, 0.3) is 5.91 Å². The SMILES string of the molecule is C#Cc1cnn(CCCn2cnc(CCc3cccc4c3CN(C3CCC(=O)NC3=O)C4=O)c2)c1. The molecule has 0 saturated carbocycles. The van der Waals surface area contributed by atoms with Gasteiger partial charge in [-0.25, -0.2) is 4.98 Å². The number of nitrogens with one attached hydrogen (secondary N) is 1. The highest BCUT2D eigenvalue weighted by Gasteiger charge is 2.39. The van der Waals surface area contributed by atoms with Crippen molar-refractivity contribution in [3.63, 3.8) is 0 Å². The second-order valence-electron chi connectivity index (χ2n) is 8.94. The molecule has 0 aliphatic carbocycles. The largest absolute Gasteiger partial charge is 0.337 e. The van der Waals surface area contributed by atoms with Gasteiger partial charge in [0.2, 0.25) is 11.8 Å². The Hall–Kier alpha value is -4.19. The van der Waals surface area contributed by atoms with Crippen molar-refractivity contribution in [3.8, 4) is 12.3 Å². The number of benzene rings is 1. The summed E-state index contributed by atoms with van der Waals surface area (Å²) in [6, 6.07) is 5.13. The Bertz CT molecular complexity index is 1330. The highest BCUT2D eigenvalue weighted by Crippen LogP contribution is 2.30. The van der Waals surface area contributed by atoms with E-state index in [9.17, 15) is 14.4 Å². The molecule has 2 aliphatic rings. The maximum absolute atomic E-state index is 13.0. The monoisotopic (exact) mass is 470 g/mol. The third kappa shape index (κ3) is 4.73. The van der Waals surface area contributed by atoms with Gasteiger partial charge in [0.15, 0.2) is 0 Å². The number of nitrogens with zero attached hydrogens (tertiary/aromatic N) is 5. The fourth-order valence-corrected chi connectivity index (χ4v) is 4.78. The number of rotatable bonds is 8. The van der Waals surface area contributed by atoms with Crippen LogP contribution in [0.3, 0.4) is 0 Å². The molecule has 1 fully saturated rings. The summed E-state index contributed by atoms with van der Waals surface area (Å²) in [6.45, 7) is 2.00. The van der Waals surface area contributed by atoms with E-state index in [1.54, 1.807) is 11.1 Å². The maximum atomic E-state index is 13.0. The number of hydrogen-bond acceptors (Lipinski definition) is 5. The number of fused-ring (bicyclic) bond motifs is 1. The molecule has 4 heterocycles. The molecule has 1 atom stereocenters. The summed E-state index contributed by atoms with van der Waals surface area (Å²) >= 11 is 0. The molecular formula is C26H26N6O3. The minimum Gasteiger partial charge on any atom is -0.337 e. The van der Waals surface area contributed by atoms with E-state index in [0.29, 0.717) is 18.5 Å². The van der Waals surface area contributed by atoms with Crippen LogP contribution in [0, 0.1) is 12.3 Å². The highest BCUT2D eigenvalue weighted by atomic mass is 16.2. The fourth-order valence-electron chi connectivity index (χ4n) is 4.78. The molecule has 5 rings (SSSR count). The number of carbonyl (C=O) groups is 3. The van der Waals surface area contributed by atoms with E-state index >= 15 is 0 Å². The lowest BCUT2D eigenvalue weighted by Gasteiger charge is -2.29. The Morgan fingerprint density at radius 3 is 2.83 bits per heavy atom. The van der Waals surface area contributed by atoms with Gasteiger partial charge in [0.1, 0.15) is 6.04 Å². The molecule has 3 aromatic rings. The van der Waals surface area contributed by atoms with Gasteiger partial charge < -0.3 is 9.47 Å². The molecule has 2 aliphatic heterocycles. The van der Waals surface area contributed by atoms with E-state index < -0.39 is 11.9 Å². The summed E-state index contributed by atoms with van der Waals surface area (Å²) in [5.74, 6) is 1.76. The van der Waals surface area contributed by atoms with Gasteiger partial charge in [0, 0.05) is 44.0 Å². The number of hydrogen-bond donors (Lipinski definition) is 1. The molecule has 1 N–H and O–H groups in total. The lowest BCUT2D eigenvalue weighted by Crippen LogP contribution is -2.52. The highest BCUT2D eigenvalue weighted by molar-refractivity contribution is 6.05. The Balaban J connectivity index is 1.18. The standard InChI is InChI=1S/C26H26N6O3/c1-2-18-13-28-31(14-18)12-4-11-30-15-20(27-17-30)8-7-19-5-3-6-21-22(19)16-32(26(21)35)23-9-10-24(33)29-25(23)34/h1,3,5-6,13-15,17,23H,4,7-12,16H2,(H,29,33,34). The van der Waals surface area contributed by atoms with E-state index in [4.69, 9.17) is 6.42 Å². The molecule has 9 nitrogen and oxygen atoms in total. The fraction of sp³-hybridized carbons (Fsp3) is 0.346. The van der Waals surface area contributed by atoms with Crippen molar-refractivity contribution in [1.82, 2.24) is 29.5 Å². The zero-order chi connectivity index (χ0) is 24.4. The maximum Gasteiger partial charge on any atom is 0.255 e. The molecule has 2 aromatic heterocycles. The van der Waals surface area contributed by atoms with E-state index in [2.05, 4.69) is 32.1 Å². The Morgan fingerprint density at radius 1 is 1.14 bits per heavy atom. The van der Waals surface area contributed by atoms with Crippen LogP contribution in [0.15, 0.2) is 43.1 Å². The first-order valence-electron chi connectivity index (χ1n) is 11.8. The van der Waals surface area contributed by atoms with Crippen LogP contribution in [0.25, 0.3) is 0 Å². The van der Waals surface area contributed by atoms with Crippen LogP contribution < -0.4 is 5.32 Å². The van der Waals surface area contributed by atoms with Crippen molar-refractivity contribution in [2.75, 3.05) is 0 Å². The molecule has 9 heteroatoms. The Kier molecular flexibility index (Phi) is 6.19. The number of imidazole rings is 1. The lowest BCUT2D eigenvalue weighted by atomic mass is 9.99. The predicted octanol–water partition coefficient (Wildman–Crippen LogP) is 1.70. The van der Waals surface area contributed by atoms with Crippen LogP contribution in [-0.4, -0.2) is 48.0 Å². The smallest absolute Gasteiger partial charge is 0.255 e. The first-order chi connectivity index (χ1) is 17.0. The molecule has 0 spiro atoms. The molecule has 3 amide bonds. The number of amides is 3. The summed E-state index contributed by atoms with van der Waals surface area (Å²) in [5, 5.41) is 6.60. The summed E-state index contributed by atoms with van der Waals surface area (Å²) < 4.78 is 3.92. The van der Waals surface area contributed by atoms with E-state index in [1.165, 1.54) is 0 Å². The normalized spacial score (nSPS) is 17.4. The zero-order valence-corrected chi connectivity index (χ0v) is 19.3. The summed E-state index contributed by atoms with van der Waals surface area (Å²) in [4.78, 5) is 42.9. The molecule has 35 heavy (non-hydrogen) atoms. The van der Waals surface area contributed by atoms with Crippen molar-refractivity contribution >= 4 is 17.7 Å². The number of piperidine rings is 1. The van der Waals surface area contributed by atoms with Crippen molar-refractivity contribution < 1.29 is 14.4 Å². The van der Waals surface area contributed by atoms with E-state index in [1.807, 2.05) is 35.4 Å².